The number of rotatable bonds is 14. The van der Waals surface area contributed by atoms with Crippen LogP contribution in [0.3, 0.4) is 0 Å². The smallest absolute Gasteiger partial charge is 0.351 e. The van der Waals surface area contributed by atoms with Gasteiger partial charge in [0.1, 0.15) is 21.1 Å². The number of para-hydroxylation sites is 1. The van der Waals surface area contributed by atoms with Crippen molar-refractivity contribution in [1.29, 1.82) is 0 Å². The molecule has 0 heterocycles. The molecule has 0 aliphatic heterocycles. The molecule has 16 heteroatoms. The molecule has 0 unspecified atom stereocenters. The number of methoxy groups -OCH3 is 2. The van der Waals surface area contributed by atoms with Crippen LogP contribution in [-0.2, 0) is 29.7 Å². The number of esters is 3. The number of benzene rings is 7. The molecule has 4 N–H and O–H groups in total. The number of anilines is 4. The molecule has 14 nitrogen and oxygen atoms in total. The first-order chi connectivity index (χ1) is 33.1. The minimum absolute atomic E-state index is 0.0471. The molecule has 0 saturated carbocycles. The number of nitrogens with one attached hydrogen (secondary N) is 2. The van der Waals surface area contributed by atoms with E-state index in [1.807, 2.05) is 64.1 Å². The molecule has 0 spiro atoms. The molecular weight excluding hydrogens is 933 g/mol. The van der Waals surface area contributed by atoms with Crippen LogP contribution in [0.2, 0.25) is 0 Å². The van der Waals surface area contributed by atoms with E-state index in [1.165, 1.54) is 20.3 Å². The Bertz CT molecular complexity index is 3450. The second-order valence-electron chi connectivity index (χ2n) is 16.6. The van der Waals surface area contributed by atoms with Crippen LogP contribution in [0.1, 0.15) is 81.1 Å². The zero-order valence-corrected chi connectivity index (χ0v) is 41.1. The molecule has 0 aromatic heterocycles. The topological polar surface area (TPSA) is 212 Å². The van der Waals surface area contributed by atoms with E-state index in [1.54, 1.807) is 80.6 Å². The van der Waals surface area contributed by atoms with E-state index < -0.39 is 47.9 Å². The summed E-state index contributed by atoms with van der Waals surface area (Å²) in [5.74, 6) is -1.58. The van der Waals surface area contributed by atoms with Gasteiger partial charge in [-0.2, -0.15) is 16.8 Å². The van der Waals surface area contributed by atoms with Gasteiger partial charge in [-0.15, -0.1) is 0 Å². The molecule has 0 amide bonds. The molecule has 0 fully saturated rings. The van der Waals surface area contributed by atoms with Crippen molar-refractivity contribution in [2.45, 2.75) is 51.3 Å². The van der Waals surface area contributed by atoms with Crippen LogP contribution in [-0.4, -0.2) is 58.1 Å². The quantitative estimate of drug-likeness (QED) is 0.0263. The summed E-state index contributed by atoms with van der Waals surface area (Å²) >= 11 is 0. The minimum atomic E-state index is -5.25. The molecule has 0 bridgehead atoms. The summed E-state index contributed by atoms with van der Waals surface area (Å²) < 4.78 is 88.5. The van der Waals surface area contributed by atoms with Crippen LogP contribution in [0.15, 0.2) is 137 Å². The van der Waals surface area contributed by atoms with Crippen molar-refractivity contribution in [3.63, 3.8) is 0 Å². The zero-order chi connectivity index (χ0) is 50.8. The monoisotopic (exact) mass is 981 g/mol. The van der Waals surface area contributed by atoms with Gasteiger partial charge in [-0.3, -0.25) is 9.11 Å². The number of carbonyl (C=O) groups is 3. The Kier molecular flexibility index (Phi) is 14.4. The second-order valence-corrected chi connectivity index (χ2v) is 19.4. The van der Waals surface area contributed by atoms with Gasteiger partial charge in [0.25, 0.3) is 10.1 Å². The highest BCUT2D eigenvalue weighted by Crippen LogP contribution is 2.43. The Morgan fingerprint density at radius 1 is 0.529 bits per heavy atom. The van der Waals surface area contributed by atoms with Gasteiger partial charge in [0, 0.05) is 29.1 Å². The van der Waals surface area contributed by atoms with Crippen molar-refractivity contribution < 1.29 is 54.5 Å². The van der Waals surface area contributed by atoms with E-state index in [9.17, 15) is 40.3 Å². The molecule has 0 aliphatic carbocycles. The van der Waals surface area contributed by atoms with E-state index in [-0.39, 0.29) is 34.0 Å². The summed E-state index contributed by atoms with van der Waals surface area (Å²) in [4.78, 5) is 38.8. The fourth-order valence-electron chi connectivity index (χ4n) is 8.71. The van der Waals surface area contributed by atoms with Crippen LogP contribution in [0.25, 0.3) is 11.1 Å². The molecule has 358 valence electrons. The Hall–Kier alpha value is -7.76. The summed E-state index contributed by atoms with van der Waals surface area (Å²) in [5, 5.41) is 6.85. The van der Waals surface area contributed by atoms with E-state index in [0.717, 1.165) is 28.8 Å². The van der Waals surface area contributed by atoms with Crippen molar-refractivity contribution in [3.8, 4) is 16.9 Å². The number of aryl methyl sites for hydroxylation is 4. The molecule has 0 atom stereocenters. The number of carbonyl (C=O) groups excluding carboxylic acids is 3. The van der Waals surface area contributed by atoms with Crippen LogP contribution < -0.4 is 15.4 Å². The predicted molar refractivity (Wildman–Crippen MR) is 267 cm³/mol. The largest absolute Gasteiger partial charge is 0.465 e. The van der Waals surface area contributed by atoms with Gasteiger partial charge in [0.2, 0.25) is 0 Å². The first kappa shape index (κ1) is 50.1. The van der Waals surface area contributed by atoms with Gasteiger partial charge >= 0.3 is 28.0 Å². The van der Waals surface area contributed by atoms with E-state index in [4.69, 9.17) is 14.2 Å². The summed E-state index contributed by atoms with van der Waals surface area (Å²) in [7, 11) is -7.63. The number of hydrogen-bond donors (Lipinski definition) is 4. The molecule has 7 rings (SSSR count). The minimum Gasteiger partial charge on any atom is -0.465 e. The van der Waals surface area contributed by atoms with Crippen molar-refractivity contribution in [2.24, 2.45) is 0 Å². The predicted octanol–water partition coefficient (Wildman–Crippen LogP) is 11.0. The molecule has 70 heavy (non-hydrogen) atoms. The van der Waals surface area contributed by atoms with E-state index >= 15 is 0 Å². The van der Waals surface area contributed by atoms with Crippen LogP contribution >= 0.6 is 0 Å². The first-order valence-corrected chi connectivity index (χ1v) is 24.5. The van der Waals surface area contributed by atoms with Gasteiger partial charge in [-0.25, -0.2) is 14.4 Å². The molecular formula is C54H49N2O12S2+. The van der Waals surface area contributed by atoms with Crippen molar-refractivity contribution >= 4 is 60.9 Å². The highest BCUT2D eigenvalue weighted by Gasteiger charge is 2.34. The second kappa shape index (κ2) is 20.1. The molecule has 0 aliphatic rings. The third kappa shape index (κ3) is 10.3. The maximum Gasteiger partial charge on any atom is 0.351 e. The van der Waals surface area contributed by atoms with Gasteiger partial charge in [0.15, 0.2) is 0 Å². The standard InChI is InChI=1S/C54H48N2O12S2/c1-30-25-32(3)50(34(5)47(30)53(58)66-7)55-44-23-19-37(27-42(44)36-15-11-9-12-16-36)49(41-22-21-40(69(60,61)62)29-46(41)70(63,64)65)38-20-24-45(43(28-38)52(57)68-39-17-13-10-14-18-39)56-51-33(4)26-31(2)48(35(51)6)54(59)67-8/h9-29,55H,1-8H3,(H2-,56,57,60,61,62,63,64,65)/p+1. The Balaban J connectivity index is 1.51. The lowest BCUT2D eigenvalue weighted by Gasteiger charge is -2.22. The van der Waals surface area contributed by atoms with Crippen molar-refractivity contribution in [1.82, 2.24) is 0 Å². The fourth-order valence-corrected chi connectivity index (χ4v) is 10.0. The van der Waals surface area contributed by atoms with Crippen molar-refractivity contribution in [2.75, 3.05) is 24.9 Å². The average Bonchev–Trinajstić information content (AvgIpc) is 3.32. The maximum atomic E-state index is 14.5. The number of ether oxygens (including phenoxy) is 3. The van der Waals surface area contributed by atoms with Gasteiger partial charge < -0.3 is 24.8 Å². The summed E-state index contributed by atoms with van der Waals surface area (Å²) in [6, 6.07) is 33.8. The Morgan fingerprint density at radius 2 is 1.03 bits per heavy atom. The number of hydrogen-bond acceptors (Lipinski definition) is 12. The highest BCUT2D eigenvalue weighted by atomic mass is 32.2. The lowest BCUT2D eigenvalue weighted by molar-refractivity contribution is 0.0590. The lowest BCUT2D eigenvalue weighted by atomic mass is 9.82. The van der Waals surface area contributed by atoms with Crippen LogP contribution in [0.5, 0.6) is 5.75 Å². The molecule has 0 radical (unpaired) electrons. The van der Waals surface area contributed by atoms with E-state index in [2.05, 4.69) is 10.6 Å². The van der Waals surface area contributed by atoms with Gasteiger partial charge in [-0.1, -0.05) is 60.7 Å². The Labute approximate surface area is 406 Å². The fraction of sp³-hybridized carbons (Fsp3) is 0.148. The van der Waals surface area contributed by atoms with Crippen molar-refractivity contribution in [3.05, 3.63) is 200 Å². The first-order valence-electron chi connectivity index (χ1n) is 21.6. The van der Waals surface area contributed by atoms with E-state index in [0.29, 0.717) is 67.6 Å². The molecule has 7 aromatic rings. The average molecular weight is 982 g/mol. The normalized spacial score (nSPS) is 11.4. The van der Waals surface area contributed by atoms with Gasteiger partial charge in [0.05, 0.1) is 59.3 Å². The molecule has 0 saturated heterocycles. The molecule has 7 aromatic carbocycles. The third-order valence-corrected chi connectivity index (χ3v) is 13.7. The summed E-state index contributed by atoms with van der Waals surface area (Å²) in [6.07, 6.45) is 0. The summed E-state index contributed by atoms with van der Waals surface area (Å²) in [5.41, 5.74) is 8.38. The highest BCUT2D eigenvalue weighted by molar-refractivity contribution is 7.86. The maximum absolute atomic E-state index is 14.5. The van der Waals surface area contributed by atoms with Crippen LogP contribution in [0.4, 0.5) is 22.7 Å². The zero-order valence-electron chi connectivity index (χ0n) is 39.4. The third-order valence-electron chi connectivity index (χ3n) is 11.9. The lowest BCUT2D eigenvalue weighted by Crippen LogP contribution is -2.16. The van der Waals surface area contributed by atoms with Crippen LogP contribution in [0, 0.1) is 47.5 Å². The van der Waals surface area contributed by atoms with Gasteiger partial charge in [-0.05, 0) is 135 Å². The SMILES string of the molecule is COC(=O)c1c(C)cc(C)c(Nc2ccc([C+](c3ccc(Nc4c(C)cc(C)c(C(=O)OC)c4C)c(-c4ccccc4)c3)c3ccc(S(=O)(=O)O)cc3S(=O)(=O)O)cc2C(=O)Oc2ccccc2)c1C. The summed E-state index contributed by atoms with van der Waals surface area (Å²) in [6.45, 7) is 10.9. The Morgan fingerprint density at radius 3 is 1.54 bits per heavy atom.